The minimum Gasteiger partial charge on any atom is -0.455 e. The van der Waals surface area contributed by atoms with Gasteiger partial charge in [0.05, 0.1) is 6.20 Å². The smallest absolute Gasteiger partial charge is 0.164 e. The zero-order valence-electron chi connectivity index (χ0n) is 25.5. The molecule has 10 aromatic rings. The highest BCUT2D eigenvalue weighted by atomic mass is 16.3. The molecule has 6 aromatic carbocycles. The van der Waals surface area contributed by atoms with Crippen LogP contribution in [0, 0.1) is 0 Å². The quantitative estimate of drug-likeness (QED) is 0.196. The van der Waals surface area contributed by atoms with E-state index < -0.39 is 0 Å². The lowest BCUT2D eigenvalue weighted by Crippen LogP contribution is -2.00. The fraction of sp³-hybridized carbons (Fsp3) is 0. The van der Waals surface area contributed by atoms with Crippen molar-refractivity contribution in [3.8, 4) is 45.3 Å². The highest BCUT2D eigenvalue weighted by Gasteiger charge is 2.21. The highest BCUT2D eigenvalue weighted by Crippen LogP contribution is 2.42. The number of benzene rings is 6. The van der Waals surface area contributed by atoms with Gasteiger partial charge in [-0.1, -0.05) is 103 Å². The van der Waals surface area contributed by atoms with Crippen LogP contribution in [0.4, 0.5) is 0 Å². The Balaban J connectivity index is 1.27. The van der Waals surface area contributed by atoms with E-state index in [0.717, 1.165) is 71.3 Å². The van der Waals surface area contributed by atoms with Crippen LogP contribution in [-0.2, 0) is 0 Å². The van der Waals surface area contributed by atoms with E-state index in [1.165, 1.54) is 0 Å². The molecule has 0 spiro atoms. The van der Waals surface area contributed by atoms with Gasteiger partial charge in [0.2, 0.25) is 0 Å². The van der Waals surface area contributed by atoms with Gasteiger partial charge >= 0.3 is 0 Å². The van der Waals surface area contributed by atoms with Gasteiger partial charge in [0, 0.05) is 50.0 Å². The summed E-state index contributed by atoms with van der Waals surface area (Å²) in [5, 5.41) is 6.28. The van der Waals surface area contributed by atoms with E-state index in [0.29, 0.717) is 28.6 Å². The van der Waals surface area contributed by atoms with Crippen LogP contribution in [-0.4, -0.2) is 19.9 Å². The number of para-hydroxylation sites is 2. The average molecular weight is 617 g/mol. The fourth-order valence-electron chi connectivity index (χ4n) is 6.74. The molecule has 0 radical (unpaired) electrons. The summed E-state index contributed by atoms with van der Waals surface area (Å²) in [6.07, 6.45) is 3.54. The first-order valence-electron chi connectivity index (χ1n) is 15.8. The zero-order valence-corrected chi connectivity index (χ0v) is 25.5. The van der Waals surface area contributed by atoms with Crippen molar-refractivity contribution in [1.82, 2.24) is 19.9 Å². The van der Waals surface area contributed by atoms with Crippen LogP contribution in [0.15, 0.2) is 155 Å². The lowest BCUT2D eigenvalue weighted by atomic mass is 9.97. The summed E-state index contributed by atoms with van der Waals surface area (Å²) in [5.41, 5.74) is 7.62. The summed E-state index contributed by atoms with van der Waals surface area (Å²) in [7, 11) is 0. The molecule has 0 unspecified atom stereocenters. The van der Waals surface area contributed by atoms with E-state index in [2.05, 4.69) is 71.7 Å². The maximum atomic E-state index is 6.46. The third-order valence-electron chi connectivity index (χ3n) is 9.01. The Morgan fingerprint density at radius 3 is 2.10 bits per heavy atom. The van der Waals surface area contributed by atoms with Gasteiger partial charge in [0.1, 0.15) is 16.7 Å². The maximum Gasteiger partial charge on any atom is 0.164 e. The number of aromatic nitrogens is 4. The van der Waals surface area contributed by atoms with Crippen LogP contribution < -0.4 is 0 Å². The van der Waals surface area contributed by atoms with Gasteiger partial charge in [-0.15, -0.1) is 0 Å². The SMILES string of the molecule is c1ccc(-c2nc(-c3ccc4ccccc4c3)nc(-c3cc(-c4cccc5c4oc4ccccc45)cc4oc5cnccc5c34)n2)cc1. The summed E-state index contributed by atoms with van der Waals surface area (Å²) >= 11 is 0. The molecule has 10 rings (SSSR count). The molecule has 6 nitrogen and oxygen atoms in total. The molecule has 6 heteroatoms. The van der Waals surface area contributed by atoms with E-state index in [1.807, 2.05) is 66.7 Å². The lowest BCUT2D eigenvalue weighted by molar-refractivity contribution is 0.666. The highest BCUT2D eigenvalue weighted by molar-refractivity contribution is 6.15. The predicted octanol–water partition coefficient (Wildman–Crippen LogP) is 10.9. The van der Waals surface area contributed by atoms with Crippen LogP contribution in [0.25, 0.3) is 99.9 Å². The van der Waals surface area contributed by atoms with Gasteiger partial charge in [-0.2, -0.15) is 0 Å². The second-order valence-electron chi connectivity index (χ2n) is 11.9. The average Bonchev–Trinajstić information content (AvgIpc) is 3.73. The molecule has 4 aromatic heterocycles. The number of hydrogen-bond acceptors (Lipinski definition) is 6. The Morgan fingerprint density at radius 1 is 0.417 bits per heavy atom. The van der Waals surface area contributed by atoms with Crippen molar-refractivity contribution >= 4 is 54.6 Å². The molecule has 0 aliphatic carbocycles. The normalized spacial score (nSPS) is 11.8. The van der Waals surface area contributed by atoms with E-state index in [1.54, 1.807) is 12.4 Å². The zero-order chi connectivity index (χ0) is 31.6. The van der Waals surface area contributed by atoms with Crippen LogP contribution in [0.5, 0.6) is 0 Å². The number of nitrogens with zero attached hydrogens (tertiary/aromatic N) is 4. The summed E-state index contributed by atoms with van der Waals surface area (Å²) in [4.78, 5) is 19.6. The standard InChI is InChI=1S/C42H24N4O2/c1-2-10-26(11-3-1)40-44-41(28-18-17-25-9-4-5-12-27(25)21-28)46-42(45-40)34-22-29(23-36-38(34)33-19-20-43-24-37(33)47-36)30-14-8-15-32-31-13-6-7-16-35(31)48-39(30)32/h1-24H. The lowest BCUT2D eigenvalue weighted by Gasteiger charge is -2.11. The molecule has 0 aliphatic heterocycles. The molecule has 0 fully saturated rings. The van der Waals surface area contributed by atoms with Crippen molar-refractivity contribution in [1.29, 1.82) is 0 Å². The molecular weight excluding hydrogens is 592 g/mol. The second-order valence-corrected chi connectivity index (χ2v) is 11.9. The summed E-state index contributed by atoms with van der Waals surface area (Å²) < 4.78 is 12.9. The van der Waals surface area contributed by atoms with E-state index in [4.69, 9.17) is 23.8 Å². The predicted molar refractivity (Wildman–Crippen MR) is 191 cm³/mol. The van der Waals surface area contributed by atoms with Crippen LogP contribution >= 0.6 is 0 Å². The molecule has 0 saturated carbocycles. The Kier molecular flexibility index (Phi) is 5.77. The van der Waals surface area contributed by atoms with Crippen LogP contribution in [0.2, 0.25) is 0 Å². The maximum absolute atomic E-state index is 6.46. The van der Waals surface area contributed by atoms with Gasteiger partial charge in [-0.25, -0.2) is 15.0 Å². The molecule has 0 amide bonds. The number of rotatable bonds is 4. The first-order chi connectivity index (χ1) is 23.8. The number of hydrogen-bond donors (Lipinski definition) is 0. The number of furan rings is 2. The summed E-state index contributed by atoms with van der Waals surface area (Å²) in [5.74, 6) is 1.74. The molecule has 224 valence electrons. The Hall–Kier alpha value is -6.66. The molecule has 0 N–H and O–H groups in total. The molecular formula is C42H24N4O2. The van der Waals surface area contributed by atoms with E-state index in [-0.39, 0.29) is 0 Å². The Bertz CT molecular complexity index is 2850. The third kappa shape index (κ3) is 4.20. The Labute approximate surface area is 274 Å². The monoisotopic (exact) mass is 616 g/mol. The topological polar surface area (TPSA) is 77.8 Å². The van der Waals surface area contributed by atoms with Gasteiger partial charge in [0.25, 0.3) is 0 Å². The largest absolute Gasteiger partial charge is 0.455 e. The van der Waals surface area contributed by atoms with Crippen LogP contribution in [0.3, 0.4) is 0 Å². The fourth-order valence-corrected chi connectivity index (χ4v) is 6.74. The second kappa shape index (κ2) is 10.4. The molecule has 0 atom stereocenters. The van der Waals surface area contributed by atoms with Gasteiger partial charge in [0.15, 0.2) is 23.1 Å². The third-order valence-corrected chi connectivity index (χ3v) is 9.01. The molecule has 0 saturated heterocycles. The first-order valence-corrected chi connectivity index (χ1v) is 15.8. The summed E-state index contributed by atoms with van der Waals surface area (Å²) in [6.45, 7) is 0. The van der Waals surface area contributed by atoms with Gasteiger partial charge in [-0.3, -0.25) is 4.98 Å². The number of pyridine rings is 1. The van der Waals surface area contributed by atoms with E-state index in [9.17, 15) is 0 Å². The van der Waals surface area contributed by atoms with Crippen molar-refractivity contribution in [3.05, 3.63) is 146 Å². The first kappa shape index (κ1) is 26.5. The van der Waals surface area contributed by atoms with Crippen molar-refractivity contribution < 1.29 is 8.83 Å². The van der Waals surface area contributed by atoms with Crippen molar-refractivity contribution in [3.63, 3.8) is 0 Å². The Morgan fingerprint density at radius 2 is 1.19 bits per heavy atom. The van der Waals surface area contributed by atoms with Crippen molar-refractivity contribution in [2.24, 2.45) is 0 Å². The molecule has 48 heavy (non-hydrogen) atoms. The molecule has 0 bridgehead atoms. The number of fused-ring (bicyclic) bond motifs is 7. The molecule has 0 aliphatic rings. The molecule has 4 heterocycles. The minimum atomic E-state index is 0.551. The van der Waals surface area contributed by atoms with Crippen molar-refractivity contribution in [2.75, 3.05) is 0 Å². The van der Waals surface area contributed by atoms with Gasteiger partial charge in [-0.05, 0) is 46.7 Å². The van der Waals surface area contributed by atoms with Crippen LogP contribution in [0.1, 0.15) is 0 Å². The van der Waals surface area contributed by atoms with Crippen molar-refractivity contribution in [2.45, 2.75) is 0 Å². The minimum absolute atomic E-state index is 0.551. The van der Waals surface area contributed by atoms with E-state index >= 15 is 0 Å². The van der Waals surface area contributed by atoms with Gasteiger partial charge < -0.3 is 8.83 Å². The summed E-state index contributed by atoms with van der Waals surface area (Å²) in [6, 6.07) is 45.3.